The third-order valence-electron chi connectivity index (χ3n) is 5.22. The van der Waals surface area contributed by atoms with E-state index in [2.05, 4.69) is 0 Å². The summed E-state index contributed by atoms with van der Waals surface area (Å²) in [6.07, 6.45) is 0.567. The van der Waals surface area contributed by atoms with Gasteiger partial charge in [-0.2, -0.15) is 0 Å². The van der Waals surface area contributed by atoms with Crippen LogP contribution in [-0.2, 0) is 14.8 Å². The Morgan fingerprint density at radius 3 is 2.43 bits per heavy atom. The van der Waals surface area contributed by atoms with Crippen LogP contribution in [0.1, 0.15) is 31.6 Å². The zero-order valence-corrected chi connectivity index (χ0v) is 18.0. The second kappa shape index (κ2) is 8.97. The molecular formula is C22H25FN2O4S. The Labute approximate surface area is 175 Å². The van der Waals surface area contributed by atoms with E-state index in [0.717, 1.165) is 23.1 Å². The van der Waals surface area contributed by atoms with Crippen molar-refractivity contribution >= 4 is 26.9 Å². The van der Waals surface area contributed by atoms with Gasteiger partial charge in [-0.15, -0.1) is 0 Å². The highest BCUT2D eigenvalue weighted by Gasteiger charge is 2.23. The minimum atomic E-state index is -3.72. The molecule has 0 aliphatic heterocycles. The molecule has 1 heterocycles. The van der Waals surface area contributed by atoms with Crippen LogP contribution in [0, 0.1) is 5.82 Å². The fourth-order valence-electron chi connectivity index (χ4n) is 3.15. The molecule has 0 aliphatic rings. The summed E-state index contributed by atoms with van der Waals surface area (Å²) in [6.45, 7) is 2.07. The summed E-state index contributed by atoms with van der Waals surface area (Å²) in [5.41, 5.74) is 0.771. The van der Waals surface area contributed by atoms with Gasteiger partial charge in [-0.3, -0.25) is 4.79 Å². The number of amides is 1. The topological polar surface area (TPSA) is 70.8 Å². The first-order valence-corrected chi connectivity index (χ1v) is 11.1. The van der Waals surface area contributed by atoms with E-state index in [9.17, 15) is 17.6 Å². The summed E-state index contributed by atoms with van der Waals surface area (Å²) in [6, 6.07) is 14.0. The first kappa shape index (κ1) is 22.0. The third kappa shape index (κ3) is 4.71. The number of fused-ring (bicyclic) bond motifs is 1. The molecule has 3 aromatic rings. The zero-order chi connectivity index (χ0) is 21.9. The summed E-state index contributed by atoms with van der Waals surface area (Å²) in [5.74, 6) is 0.0994. The van der Waals surface area contributed by atoms with Gasteiger partial charge >= 0.3 is 0 Å². The largest absolute Gasteiger partial charge is 0.459 e. The van der Waals surface area contributed by atoms with Crippen LogP contribution in [-0.4, -0.2) is 44.2 Å². The Balaban J connectivity index is 1.56. The van der Waals surface area contributed by atoms with Gasteiger partial charge in [-0.1, -0.05) is 18.2 Å². The van der Waals surface area contributed by atoms with E-state index in [1.807, 2.05) is 37.3 Å². The molecule has 0 bridgehead atoms. The summed E-state index contributed by atoms with van der Waals surface area (Å²) in [7, 11) is -0.565. The van der Waals surface area contributed by atoms with Gasteiger partial charge in [0.15, 0.2) is 0 Å². The number of furan rings is 1. The second-order valence-electron chi connectivity index (χ2n) is 7.25. The number of sulfonamides is 1. The molecule has 0 N–H and O–H groups in total. The molecule has 160 valence electrons. The van der Waals surface area contributed by atoms with E-state index in [0.29, 0.717) is 12.2 Å². The van der Waals surface area contributed by atoms with Gasteiger partial charge in [0.05, 0.1) is 10.9 Å². The number of carbonyl (C=O) groups excluding carboxylic acids is 1. The number of rotatable bonds is 8. The normalized spacial score (nSPS) is 13.0. The smallest absolute Gasteiger partial charge is 0.242 e. The summed E-state index contributed by atoms with van der Waals surface area (Å²) in [5, 5.41) is 0.979. The maximum Gasteiger partial charge on any atom is 0.242 e. The van der Waals surface area contributed by atoms with Crippen molar-refractivity contribution < 1.29 is 22.0 Å². The van der Waals surface area contributed by atoms with Crippen LogP contribution >= 0.6 is 0 Å². The molecule has 0 aliphatic carbocycles. The quantitative estimate of drug-likeness (QED) is 0.535. The number of carbonyl (C=O) groups is 1. The molecule has 1 aromatic heterocycles. The molecule has 1 amide bonds. The number of hydrogen-bond acceptors (Lipinski definition) is 4. The van der Waals surface area contributed by atoms with Crippen molar-refractivity contribution in [3.05, 3.63) is 66.2 Å². The summed E-state index contributed by atoms with van der Waals surface area (Å²) < 4.78 is 45.1. The maximum atomic E-state index is 13.0. The molecule has 3 rings (SSSR count). The Morgan fingerprint density at radius 1 is 1.10 bits per heavy atom. The molecule has 0 saturated carbocycles. The summed E-state index contributed by atoms with van der Waals surface area (Å²) in [4.78, 5) is 14.2. The van der Waals surface area contributed by atoms with Crippen molar-refractivity contribution in [1.82, 2.24) is 9.21 Å². The second-order valence-corrected chi connectivity index (χ2v) is 9.30. The lowest BCUT2D eigenvalue weighted by Gasteiger charge is -2.24. The van der Waals surface area contributed by atoms with Crippen molar-refractivity contribution in [1.29, 1.82) is 0 Å². The van der Waals surface area contributed by atoms with E-state index in [1.165, 1.54) is 23.5 Å². The van der Waals surface area contributed by atoms with Crippen molar-refractivity contribution in [2.45, 2.75) is 30.7 Å². The third-order valence-corrected chi connectivity index (χ3v) is 7.09. The predicted molar refractivity (Wildman–Crippen MR) is 113 cm³/mol. The van der Waals surface area contributed by atoms with Gasteiger partial charge in [0.2, 0.25) is 15.9 Å². The molecule has 0 spiro atoms. The Kier molecular flexibility index (Phi) is 6.58. The lowest BCUT2D eigenvalue weighted by molar-refractivity contribution is -0.132. The molecule has 1 atom stereocenters. The molecule has 30 heavy (non-hydrogen) atoms. The number of para-hydroxylation sites is 1. The van der Waals surface area contributed by atoms with Gasteiger partial charge in [0, 0.05) is 32.4 Å². The van der Waals surface area contributed by atoms with Gasteiger partial charge in [-0.05, 0) is 49.7 Å². The van der Waals surface area contributed by atoms with E-state index < -0.39 is 15.8 Å². The van der Waals surface area contributed by atoms with Crippen LogP contribution in [0.25, 0.3) is 11.0 Å². The number of nitrogens with zero attached hydrogens (tertiary/aromatic N) is 2. The molecule has 0 fully saturated rings. The van der Waals surface area contributed by atoms with Gasteiger partial charge < -0.3 is 9.32 Å². The minimum absolute atomic E-state index is 0.0216. The Morgan fingerprint density at radius 2 is 1.77 bits per heavy atom. The Hall–Kier alpha value is -2.71. The lowest BCUT2D eigenvalue weighted by atomic mass is 10.2. The fraction of sp³-hybridized carbons (Fsp3) is 0.318. The van der Waals surface area contributed by atoms with Crippen LogP contribution < -0.4 is 0 Å². The first-order valence-electron chi connectivity index (χ1n) is 9.66. The Bertz CT molecular complexity index is 1090. The molecule has 0 saturated heterocycles. The van der Waals surface area contributed by atoms with E-state index >= 15 is 0 Å². The molecule has 6 nitrogen and oxygen atoms in total. The SMILES string of the molecule is CC(c1cc2ccccc2o1)N(C)C(=O)CCCN(C)S(=O)(=O)c1ccc(F)cc1. The van der Waals surface area contributed by atoms with Crippen LogP contribution in [0.15, 0.2) is 63.9 Å². The monoisotopic (exact) mass is 432 g/mol. The molecule has 0 radical (unpaired) electrons. The van der Waals surface area contributed by atoms with Crippen molar-refractivity contribution in [2.24, 2.45) is 0 Å². The number of benzene rings is 2. The molecular weight excluding hydrogens is 407 g/mol. The standard InChI is InChI=1S/C22H25FN2O4S/c1-16(21-15-17-7-4-5-8-20(17)29-21)25(3)22(26)9-6-14-24(2)30(27,28)19-12-10-18(23)11-13-19/h4-5,7-8,10-13,15-16H,6,9,14H2,1-3H3. The fourth-order valence-corrected chi connectivity index (χ4v) is 4.36. The average molecular weight is 433 g/mol. The predicted octanol–water partition coefficient (Wildman–Crippen LogP) is 4.19. The van der Waals surface area contributed by atoms with Gasteiger partial charge in [0.25, 0.3) is 0 Å². The highest BCUT2D eigenvalue weighted by atomic mass is 32.2. The number of hydrogen-bond donors (Lipinski definition) is 0. The van der Waals surface area contributed by atoms with Crippen molar-refractivity contribution in [3.63, 3.8) is 0 Å². The maximum absolute atomic E-state index is 13.0. The zero-order valence-electron chi connectivity index (χ0n) is 17.2. The van der Waals surface area contributed by atoms with Gasteiger partial charge in [-0.25, -0.2) is 17.1 Å². The minimum Gasteiger partial charge on any atom is -0.459 e. The lowest BCUT2D eigenvalue weighted by Crippen LogP contribution is -2.31. The van der Waals surface area contributed by atoms with Crippen LogP contribution in [0.5, 0.6) is 0 Å². The van der Waals surface area contributed by atoms with E-state index in [1.54, 1.807) is 11.9 Å². The first-order chi connectivity index (χ1) is 14.2. The molecule has 8 heteroatoms. The van der Waals surface area contributed by atoms with Crippen molar-refractivity contribution in [2.75, 3.05) is 20.6 Å². The van der Waals surface area contributed by atoms with Crippen LogP contribution in [0.4, 0.5) is 4.39 Å². The highest BCUT2D eigenvalue weighted by molar-refractivity contribution is 7.89. The van der Waals surface area contributed by atoms with E-state index in [-0.39, 0.29) is 29.8 Å². The van der Waals surface area contributed by atoms with Crippen molar-refractivity contribution in [3.8, 4) is 0 Å². The van der Waals surface area contributed by atoms with Gasteiger partial charge in [0.1, 0.15) is 17.2 Å². The molecule has 1 unspecified atom stereocenters. The summed E-state index contributed by atoms with van der Waals surface area (Å²) >= 11 is 0. The number of halogens is 1. The van der Waals surface area contributed by atoms with Crippen LogP contribution in [0.2, 0.25) is 0 Å². The average Bonchev–Trinajstić information content (AvgIpc) is 3.17. The van der Waals surface area contributed by atoms with Crippen LogP contribution in [0.3, 0.4) is 0 Å². The van der Waals surface area contributed by atoms with E-state index in [4.69, 9.17) is 4.42 Å². The highest BCUT2D eigenvalue weighted by Crippen LogP contribution is 2.27. The molecule has 2 aromatic carbocycles.